The van der Waals surface area contributed by atoms with Crippen LogP contribution < -0.4 is 10.1 Å². The Morgan fingerprint density at radius 3 is 3.12 bits per heavy atom. The molecule has 2 rings (SSSR count). The minimum absolute atomic E-state index is 0.584. The lowest BCUT2D eigenvalue weighted by Gasteiger charge is -2.11. The topological polar surface area (TPSA) is 56.3 Å². The molecule has 5 nitrogen and oxygen atoms in total. The number of aromatic nitrogens is 2. The summed E-state index contributed by atoms with van der Waals surface area (Å²) < 4.78 is 10.7. The van der Waals surface area contributed by atoms with Crippen molar-refractivity contribution in [3.8, 4) is 5.88 Å². The van der Waals surface area contributed by atoms with Gasteiger partial charge in [0.15, 0.2) is 0 Å². The molecule has 1 atom stereocenters. The first-order chi connectivity index (χ1) is 8.28. The van der Waals surface area contributed by atoms with Gasteiger partial charge >= 0.3 is 0 Å². The Labute approximate surface area is 102 Å². The lowest BCUT2D eigenvalue weighted by molar-refractivity contribution is 0.187. The highest BCUT2D eigenvalue weighted by Gasteiger charge is 2.15. The van der Waals surface area contributed by atoms with Crippen LogP contribution in [0.3, 0.4) is 0 Å². The Morgan fingerprint density at radius 1 is 1.53 bits per heavy atom. The molecule has 0 aromatic carbocycles. The largest absolute Gasteiger partial charge is 0.478 e. The van der Waals surface area contributed by atoms with Crippen molar-refractivity contribution in [2.24, 2.45) is 5.92 Å². The molecule has 1 fully saturated rings. The summed E-state index contributed by atoms with van der Waals surface area (Å²) in [6, 6.07) is 1.84. The van der Waals surface area contributed by atoms with Gasteiger partial charge in [-0.2, -0.15) is 4.98 Å². The molecule has 1 unspecified atom stereocenters. The maximum atomic E-state index is 5.38. The summed E-state index contributed by atoms with van der Waals surface area (Å²) in [6.45, 7) is 7.04. The van der Waals surface area contributed by atoms with Crippen LogP contribution in [0.15, 0.2) is 6.07 Å². The molecule has 1 aromatic heterocycles. The van der Waals surface area contributed by atoms with Gasteiger partial charge in [0.2, 0.25) is 5.88 Å². The molecule has 1 aliphatic heterocycles. The highest BCUT2D eigenvalue weighted by molar-refractivity contribution is 5.38. The van der Waals surface area contributed by atoms with E-state index in [-0.39, 0.29) is 0 Å². The van der Waals surface area contributed by atoms with Gasteiger partial charge in [0.1, 0.15) is 11.6 Å². The molecule has 0 bridgehead atoms. The number of hydrogen-bond donors (Lipinski definition) is 1. The van der Waals surface area contributed by atoms with Crippen molar-refractivity contribution >= 4 is 5.82 Å². The zero-order chi connectivity index (χ0) is 12.1. The Hall–Kier alpha value is -1.36. The Balaban J connectivity index is 1.94. The number of ether oxygens (including phenoxy) is 2. The first-order valence-corrected chi connectivity index (χ1v) is 6.08. The average Bonchev–Trinajstić information content (AvgIpc) is 2.79. The van der Waals surface area contributed by atoms with Crippen LogP contribution in [0.1, 0.15) is 19.2 Å². The fourth-order valence-electron chi connectivity index (χ4n) is 1.85. The van der Waals surface area contributed by atoms with Crippen molar-refractivity contribution in [1.29, 1.82) is 0 Å². The highest BCUT2D eigenvalue weighted by Crippen LogP contribution is 2.16. The molecule has 0 aliphatic carbocycles. The average molecular weight is 237 g/mol. The smallest absolute Gasteiger partial charge is 0.218 e. The van der Waals surface area contributed by atoms with Gasteiger partial charge in [-0.1, -0.05) is 0 Å². The van der Waals surface area contributed by atoms with E-state index < -0.39 is 0 Å². The van der Waals surface area contributed by atoms with E-state index in [1.54, 1.807) is 0 Å². The molecule has 17 heavy (non-hydrogen) atoms. The minimum atomic E-state index is 0.584. The summed E-state index contributed by atoms with van der Waals surface area (Å²) in [6.07, 6.45) is 1.12. The normalized spacial score (nSPS) is 19.3. The molecule has 0 amide bonds. The van der Waals surface area contributed by atoms with Crippen LogP contribution in [0.25, 0.3) is 0 Å². The van der Waals surface area contributed by atoms with Gasteiger partial charge in [0, 0.05) is 25.1 Å². The van der Waals surface area contributed by atoms with Crippen LogP contribution in [-0.4, -0.2) is 36.3 Å². The Morgan fingerprint density at radius 2 is 2.41 bits per heavy atom. The van der Waals surface area contributed by atoms with Gasteiger partial charge in [-0.15, -0.1) is 0 Å². The van der Waals surface area contributed by atoms with Crippen LogP contribution in [0.5, 0.6) is 5.88 Å². The number of aryl methyl sites for hydroxylation is 1. The van der Waals surface area contributed by atoms with Crippen LogP contribution in [0.2, 0.25) is 0 Å². The quantitative estimate of drug-likeness (QED) is 0.843. The van der Waals surface area contributed by atoms with Crippen molar-refractivity contribution in [1.82, 2.24) is 9.97 Å². The third-order valence-electron chi connectivity index (χ3n) is 2.70. The molecule has 2 heterocycles. The van der Waals surface area contributed by atoms with E-state index in [1.165, 1.54) is 0 Å². The number of nitrogens with zero attached hydrogens (tertiary/aromatic N) is 2. The summed E-state index contributed by atoms with van der Waals surface area (Å²) in [7, 11) is 0. The third-order valence-corrected chi connectivity index (χ3v) is 2.70. The van der Waals surface area contributed by atoms with Crippen LogP contribution in [0, 0.1) is 12.8 Å². The zero-order valence-electron chi connectivity index (χ0n) is 10.4. The fourth-order valence-corrected chi connectivity index (χ4v) is 1.85. The molecular formula is C12H19N3O2. The molecule has 0 spiro atoms. The van der Waals surface area contributed by atoms with Crippen molar-refractivity contribution < 1.29 is 9.47 Å². The second-order valence-corrected chi connectivity index (χ2v) is 4.18. The Kier molecular flexibility index (Phi) is 4.14. The number of hydrogen-bond acceptors (Lipinski definition) is 5. The maximum absolute atomic E-state index is 5.38. The third kappa shape index (κ3) is 3.56. The van der Waals surface area contributed by atoms with Gasteiger partial charge in [0.25, 0.3) is 0 Å². The van der Waals surface area contributed by atoms with E-state index in [0.29, 0.717) is 18.4 Å². The molecular weight excluding hydrogens is 218 g/mol. The lowest BCUT2D eigenvalue weighted by atomic mass is 10.1. The minimum Gasteiger partial charge on any atom is -0.478 e. The molecule has 0 saturated carbocycles. The first kappa shape index (κ1) is 12.1. The van der Waals surface area contributed by atoms with Crippen LogP contribution in [0.4, 0.5) is 5.82 Å². The predicted octanol–water partition coefficient (Wildman–Crippen LogP) is 1.63. The van der Waals surface area contributed by atoms with Crippen molar-refractivity contribution in [2.75, 3.05) is 31.7 Å². The second-order valence-electron chi connectivity index (χ2n) is 4.18. The van der Waals surface area contributed by atoms with Gasteiger partial charge in [0.05, 0.1) is 13.2 Å². The number of anilines is 1. The SMILES string of the molecule is CCOc1cc(NCC2CCOC2)nc(C)n1. The second kappa shape index (κ2) is 5.82. The monoisotopic (exact) mass is 237 g/mol. The van der Waals surface area contributed by atoms with Crippen molar-refractivity contribution in [2.45, 2.75) is 20.3 Å². The van der Waals surface area contributed by atoms with Gasteiger partial charge in [-0.3, -0.25) is 0 Å². The molecule has 1 aliphatic rings. The lowest BCUT2D eigenvalue weighted by Crippen LogP contribution is -2.15. The molecule has 1 N–H and O–H groups in total. The van der Waals surface area contributed by atoms with Crippen molar-refractivity contribution in [3.05, 3.63) is 11.9 Å². The summed E-state index contributed by atoms with van der Waals surface area (Å²) in [4.78, 5) is 8.54. The van der Waals surface area contributed by atoms with E-state index in [2.05, 4.69) is 15.3 Å². The molecule has 0 radical (unpaired) electrons. The van der Waals surface area contributed by atoms with E-state index in [1.807, 2.05) is 19.9 Å². The van der Waals surface area contributed by atoms with Gasteiger partial charge in [-0.25, -0.2) is 4.98 Å². The number of rotatable bonds is 5. The summed E-state index contributed by atoms with van der Waals surface area (Å²) in [5.74, 6) is 2.76. The van der Waals surface area contributed by atoms with Crippen LogP contribution >= 0.6 is 0 Å². The summed E-state index contributed by atoms with van der Waals surface area (Å²) in [5, 5.41) is 3.32. The molecule has 1 aromatic rings. The maximum Gasteiger partial charge on any atom is 0.218 e. The molecule has 5 heteroatoms. The Bertz CT molecular complexity index is 365. The zero-order valence-corrected chi connectivity index (χ0v) is 10.4. The first-order valence-electron chi connectivity index (χ1n) is 6.08. The van der Waals surface area contributed by atoms with Crippen molar-refractivity contribution in [3.63, 3.8) is 0 Å². The van der Waals surface area contributed by atoms with E-state index in [4.69, 9.17) is 9.47 Å². The standard InChI is InChI=1S/C12H19N3O2/c1-3-17-12-6-11(14-9(2)15-12)13-7-10-4-5-16-8-10/h6,10H,3-5,7-8H2,1-2H3,(H,13,14,15). The van der Waals surface area contributed by atoms with E-state index in [9.17, 15) is 0 Å². The number of nitrogens with one attached hydrogen (secondary N) is 1. The molecule has 1 saturated heterocycles. The highest BCUT2D eigenvalue weighted by atomic mass is 16.5. The summed E-state index contributed by atoms with van der Waals surface area (Å²) in [5.41, 5.74) is 0. The van der Waals surface area contributed by atoms with Gasteiger partial charge < -0.3 is 14.8 Å². The fraction of sp³-hybridized carbons (Fsp3) is 0.667. The van der Waals surface area contributed by atoms with E-state index >= 15 is 0 Å². The predicted molar refractivity (Wildman–Crippen MR) is 65.4 cm³/mol. The molecule has 94 valence electrons. The van der Waals surface area contributed by atoms with Gasteiger partial charge in [-0.05, 0) is 20.3 Å². The van der Waals surface area contributed by atoms with Crippen LogP contribution in [-0.2, 0) is 4.74 Å². The van der Waals surface area contributed by atoms with E-state index in [0.717, 1.165) is 37.8 Å². The summed E-state index contributed by atoms with van der Waals surface area (Å²) >= 11 is 0.